The summed E-state index contributed by atoms with van der Waals surface area (Å²) in [6, 6.07) is 0. The molecule has 2 rings (SSSR count). The molecule has 112 valence electrons. The van der Waals surface area contributed by atoms with Crippen LogP contribution >= 0.6 is 0 Å². The maximum atomic E-state index is 5.27. The van der Waals surface area contributed by atoms with E-state index in [0.717, 1.165) is 16.4 Å². The van der Waals surface area contributed by atoms with Crippen molar-refractivity contribution in [3.8, 4) is 0 Å². The lowest BCUT2D eigenvalue weighted by atomic mass is 9.67. The Morgan fingerprint density at radius 1 is 1.11 bits per heavy atom. The molecule has 1 unspecified atom stereocenters. The highest BCUT2D eigenvalue weighted by Gasteiger charge is 2.40. The minimum Gasteiger partial charge on any atom is -0.415 e. The number of nitrogens with one attached hydrogen (secondary N) is 2. The van der Waals surface area contributed by atoms with Gasteiger partial charge in [0.05, 0.1) is 12.9 Å². The number of hydrogen-bond acceptors (Lipinski definition) is 3. The summed E-state index contributed by atoms with van der Waals surface area (Å²) >= 11 is 0. The highest BCUT2D eigenvalue weighted by molar-refractivity contribution is 5.97. The van der Waals surface area contributed by atoms with Crippen molar-refractivity contribution in [2.45, 2.75) is 82.8 Å². The van der Waals surface area contributed by atoms with Gasteiger partial charge in [-0.3, -0.25) is 10.6 Å². The summed E-state index contributed by atoms with van der Waals surface area (Å²) in [5.41, 5.74) is 0.413. The molecular formula is C15H32N2OSi. The third-order valence-corrected chi connectivity index (χ3v) is 5.46. The van der Waals surface area contributed by atoms with Gasteiger partial charge in [-0.25, -0.2) is 0 Å². The molecule has 0 aliphatic heterocycles. The Morgan fingerprint density at radius 3 is 2.37 bits per heavy atom. The quantitative estimate of drug-likeness (QED) is 0.578. The van der Waals surface area contributed by atoms with Crippen molar-refractivity contribution >= 4 is 10.5 Å². The molecule has 1 atom stereocenters. The third-order valence-electron chi connectivity index (χ3n) is 5.17. The molecule has 2 aliphatic carbocycles. The molecule has 0 heterocycles. The maximum Gasteiger partial charge on any atom is 0.147 e. The molecule has 2 fully saturated rings. The topological polar surface area (TPSA) is 33.3 Å². The van der Waals surface area contributed by atoms with E-state index < -0.39 is 0 Å². The first-order valence-corrected chi connectivity index (χ1v) is 9.08. The maximum absolute atomic E-state index is 5.27. The zero-order valence-electron chi connectivity index (χ0n) is 12.8. The first kappa shape index (κ1) is 15.5. The van der Waals surface area contributed by atoms with Crippen LogP contribution in [-0.4, -0.2) is 28.9 Å². The minimum absolute atomic E-state index is 0.369. The average Bonchev–Trinajstić information content (AvgIpc) is 2.47. The van der Waals surface area contributed by atoms with Crippen molar-refractivity contribution in [2.24, 2.45) is 5.92 Å². The van der Waals surface area contributed by atoms with Gasteiger partial charge in [-0.1, -0.05) is 38.5 Å². The van der Waals surface area contributed by atoms with Gasteiger partial charge in [0.15, 0.2) is 0 Å². The average molecular weight is 285 g/mol. The summed E-state index contributed by atoms with van der Waals surface area (Å²) < 4.78 is 5.27. The van der Waals surface area contributed by atoms with E-state index in [1.54, 1.807) is 0 Å². The van der Waals surface area contributed by atoms with Crippen molar-refractivity contribution in [2.75, 3.05) is 6.73 Å². The lowest BCUT2D eigenvalue weighted by Crippen LogP contribution is -2.59. The highest BCUT2D eigenvalue weighted by Crippen LogP contribution is 2.41. The van der Waals surface area contributed by atoms with Crippen LogP contribution in [0.5, 0.6) is 0 Å². The van der Waals surface area contributed by atoms with Crippen LogP contribution in [-0.2, 0) is 4.43 Å². The highest BCUT2D eigenvalue weighted by atomic mass is 28.2. The second-order valence-electron chi connectivity index (χ2n) is 6.55. The summed E-state index contributed by atoms with van der Waals surface area (Å²) in [5, 5.41) is 7.41. The zero-order valence-corrected chi connectivity index (χ0v) is 14.8. The summed E-state index contributed by atoms with van der Waals surface area (Å²) in [4.78, 5) is 0. The summed E-state index contributed by atoms with van der Waals surface area (Å²) in [7, 11) is 0.817. The molecule has 0 spiro atoms. The molecule has 2 aliphatic rings. The van der Waals surface area contributed by atoms with E-state index in [4.69, 9.17) is 4.43 Å². The standard InChI is InChI=1S/C15H32N2OSi/c1-13(16-12-18-19)17-15(10-6-3-7-11-15)14-8-4-2-5-9-14/h13-14,16-17H,2-12H2,1,19H3. The molecule has 0 amide bonds. The van der Waals surface area contributed by atoms with Crippen molar-refractivity contribution in [3.63, 3.8) is 0 Å². The second-order valence-corrected chi connectivity index (χ2v) is 7.13. The normalized spacial score (nSPS) is 26.4. The first-order valence-electron chi connectivity index (χ1n) is 8.27. The molecule has 2 N–H and O–H groups in total. The van der Waals surface area contributed by atoms with Gasteiger partial charge in [0, 0.05) is 5.54 Å². The van der Waals surface area contributed by atoms with Gasteiger partial charge in [-0.15, -0.1) is 0 Å². The van der Waals surface area contributed by atoms with E-state index in [0.29, 0.717) is 18.4 Å². The SMILES string of the molecule is CC(NCO[SiH3])NC1(C2CCCCC2)CCCCC1. The molecule has 4 heteroatoms. The fraction of sp³-hybridized carbons (Fsp3) is 1.00. The molecule has 0 aromatic heterocycles. The second kappa shape index (κ2) is 7.77. The third kappa shape index (κ3) is 4.28. The summed E-state index contributed by atoms with van der Waals surface area (Å²) in [6.45, 7) is 2.95. The Hall–Kier alpha value is 0.0969. The minimum atomic E-state index is 0.369. The van der Waals surface area contributed by atoms with Crippen LogP contribution in [0.1, 0.15) is 71.1 Å². The lowest BCUT2D eigenvalue weighted by molar-refractivity contribution is 0.0903. The summed E-state index contributed by atoms with van der Waals surface area (Å²) in [5.74, 6) is 0.905. The molecule has 0 radical (unpaired) electrons. The number of rotatable bonds is 6. The molecule has 0 bridgehead atoms. The molecule has 3 nitrogen and oxygen atoms in total. The van der Waals surface area contributed by atoms with Crippen LogP contribution in [0.3, 0.4) is 0 Å². The van der Waals surface area contributed by atoms with Gasteiger partial charge < -0.3 is 4.43 Å². The van der Waals surface area contributed by atoms with Gasteiger partial charge in [-0.2, -0.15) is 0 Å². The van der Waals surface area contributed by atoms with E-state index in [2.05, 4.69) is 17.6 Å². The van der Waals surface area contributed by atoms with E-state index in [1.165, 1.54) is 64.2 Å². The van der Waals surface area contributed by atoms with Crippen LogP contribution in [0.2, 0.25) is 0 Å². The predicted molar refractivity (Wildman–Crippen MR) is 84.0 cm³/mol. The van der Waals surface area contributed by atoms with Crippen molar-refractivity contribution in [1.82, 2.24) is 10.6 Å². The predicted octanol–water partition coefficient (Wildman–Crippen LogP) is 2.05. The first-order chi connectivity index (χ1) is 9.27. The van der Waals surface area contributed by atoms with Crippen LogP contribution in [0.4, 0.5) is 0 Å². The van der Waals surface area contributed by atoms with Gasteiger partial charge in [0.25, 0.3) is 0 Å². The van der Waals surface area contributed by atoms with E-state index in [1.807, 2.05) is 0 Å². The Kier molecular flexibility index (Phi) is 6.33. The molecular weight excluding hydrogens is 252 g/mol. The molecule has 19 heavy (non-hydrogen) atoms. The van der Waals surface area contributed by atoms with Gasteiger partial charge in [0.1, 0.15) is 10.5 Å². The lowest BCUT2D eigenvalue weighted by Gasteiger charge is -2.48. The van der Waals surface area contributed by atoms with Crippen LogP contribution in [0, 0.1) is 5.92 Å². The van der Waals surface area contributed by atoms with E-state index in [9.17, 15) is 0 Å². The molecule has 0 saturated heterocycles. The zero-order chi connectivity index (χ0) is 13.6. The molecule has 0 aromatic rings. The van der Waals surface area contributed by atoms with Crippen LogP contribution < -0.4 is 10.6 Å². The van der Waals surface area contributed by atoms with Gasteiger partial charge >= 0.3 is 0 Å². The number of hydrogen-bond donors (Lipinski definition) is 2. The monoisotopic (exact) mass is 284 g/mol. The largest absolute Gasteiger partial charge is 0.415 e. The van der Waals surface area contributed by atoms with E-state index >= 15 is 0 Å². The van der Waals surface area contributed by atoms with Crippen molar-refractivity contribution in [3.05, 3.63) is 0 Å². The Balaban J connectivity index is 1.96. The Bertz CT molecular complexity index is 251. The Labute approximate surface area is 121 Å². The van der Waals surface area contributed by atoms with Gasteiger partial charge in [-0.05, 0) is 38.5 Å². The smallest absolute Gasteiger partial charge is 0.147 e. The Morgan fingerprint density at radius 2 is 1.74 bits per heavy atom. The summed E-state index contributed by atoms with van der Waals surface area (Å²) in [6.07, 6.45) is 14.6. The van der Waals surface area contributed by atoms with Crippen LogP contribution in [0.15, 0.2) is 0 Å². The molecule has 2 saturated carbocycles. The van der Waals surface area contributed by atoms with Crippen molar-refractivity contribution in [1.29, 1.82) is 0 Å². The van der Waals surface area contributed by atoms with Crippen LogP contribution in [0.25, 0.3) is 0 Å². The molecule has 0 aromatic carbocycles. The van der Waals surface area contributed by atoms with Crippen molar-refractivity contribution < 1.29 is 4.43 Å². The van der Waals surface area contributed by atoms with Gasteiger partial charge in [0.2, 0.25) is 0 Å². The fourth-order valence-corrected chi connectivity index (χ4v) is 4.37. The fourth-order valence-electron chi connectivity index (χ4n) is 4.20. The van der Waals surface area contributed by atoms with E-state index in [-0.39, 0.29) is 0 Å².